The van der Waals surface area contributed by atoms with Crippen LogP contribution in [-0.2, 0) is 9.53 Å². The van der Waals surface area contributed by atoms with Gasteiger partial charge in [-0.25, -0.2) is 0 Å². The minimum Gasteiger partial charge on any atom is -0.381 e. The lowest BCUT2D eigenvalue weighted by Gasteiger charge is -2.30. The van der Waals surface area contributed by atoms with Crippen molar-refractivity contribution in [3.63, 3.8) is 0 Å². The molecular weight excluding hydrogens is 228 g/mol. The van der Waals surface area contributed by atoms with E-state index in [0.29, 0.717) is 24.3 Å². The van der Waals surface area contributed by atoms with Crippen molar-refractivity contribution in [2.45, 2.75) is 45.1 Å². The molecule has 0 spiro atoms. The highest BCUT2D eigenvalue weighted by Gasteiger charge is 2.21. The first-order chi connectivity index (χ1) is 8.75. The third-order valence-corrected chi connectivity index (χ3v) is 4.25. The van der Waals surface area contributed by atoms with Crippen molar-refractivity contribution < 1.29 is 9.53 Å². The topological polar surface area (TPSA) is 50.4 Å². The summed E-state index contributed by atoms with van der Waals surface area (Å²) in [6.45, 7) is 5.84. The first-order valence-electron chi connectivity index (χ1n) is 7.33. The molecule has 0 radical (unpaired) electrons. The Labute approximate surface area is 110 Å². The maximum Gasteiger partial charge on any atom is 0.220 e. The van der Waals surface area contributed by atoms with Crippen LogP contribution >= 0.6 is 0 Å². The monoisotopic (exact) mass is 254 g/mol. The number of nitrogens with one attached hydrogen (secondary N) is 2. The van der Waals surface area contributed by atoms with Crippen LogP contribution in [-0.4, -0.2) is 38.3 Å². The molecule has 4 heteroatoms. The van der Waals surface area contributed by atoms with Gasteiger partial charge in [0.2, 0.25) is 5.91 Å². The van der Waals surface area contributed by atoms with Crippen molar-refractivity contribution in [2.75, 3.05) is 26.3 Å². The fraction of sp³-hybridized carbons (Fsp3) is 0.929. The predicted molar refractivity (Wildman–Crippen MR) is 71.4 cm³/mol. The molecule has 2 heterocycles. The van der Waals surface area contributed by atoms with Gasteiger partial charge < -0.3 is 15.4 Å². The van der Waals surface area contributed by atoms with Gasteiger partial charge in [0.1, 0.15) is 0 Å². The van der Waals surface area contributed by atoms with Crippen LogP contribution in [0, 0.1) is 11.8 Å². The highest BCUT2D eigenvalue weighted by atomic mass is 16.5. The van der Waals surface area contributed by atoms with Crippen molar-refractivity contribution in [2.24, 2.45) is 11.8 Å². The summed E-state index contributed by atoms with van der Waals surface area (Å²) in [5.41, 5.74) is 0. The zero-order valence-corrected chi connectivity index (χ0v) is 11.4. The lowest BCUT2D eigenvalue weighted by molar-refractivity contribution is -0.121. The van der Waals surface area contributed by atoms with E-state index in [1.807, 2.05) is 0 Å². The van der Waals surface area contributed by atoms with Crippen LogP contribution in [0.4, 0.5) is 0 Å². The number of carbonyl (C=O) groups excluding carboxylic acids is 1. The summed E-state index contributed by atoms with van der Waals surface area (Å²) in [5.74, 6) is 1.46. The molecule has 104 valence electrons. The number of hydrogen-bond donors (Lipinski definition) is 2. The summed E-state index contributed by atoms with van der Waals surface area (Å²) in [4.78, 5) is 11.8. The van der Waals surface area contributed by atoms with Crippen LogP contribution in [0.3, 0.4) is 0 Å². The second-order valence-electron chi connectivity index (χ2n) is 5.75. The Kier molecular flexibility index (Phi) is 5.45. The van der Waals surface area contributed by atoms with Crippen LogP contribution in [0.5, 0.6) is 0 Å². The third-order valence-electron chi connectivity index (χ3n) is 4.25. The molecule has 0 aromatic rings. The van der Waals surface area contributed by atoms with Gasteiger partial charge in [-0.05, 0) is 44.1 Å². The molecule has 0 aromatic heterocycles. The van der Waals surface area contributed by atoms with Gasteiger partial charge in [0.15, 0.2) is 0 Å². The van der Waals surface area contributed by atoms with E-state index < -0.39 is 0 Å². The summed E-state index contributed by atoms with van der Waals surface area (Å²) in [6, 6.07) is 0.456. The van der Waals surface area contributed by atoms with Crippen molar-refractivity contribution in [1.29, 1.82) is 0 Å². The van der Waals surface area contributed by atoms with E-state index in [1.54, 1.807) is 0 Å². The largest absolute Gasteiger partial charge is 0.381 e. The maximum absolute atomic E-state index is 11.8. The molecule has 2 aliphatic rings. The minimum absolute atomic E-state index is 0.196. The number of rotatable bonds is 5. The molecule has 1 amide bonds. The standard InChI is InChI=1S/C14H26N2O2/c1-11-3-2-7-15-13(11)9-16-14(17)5-4-12-6-8-18-10-12/h11-13,15H,2-10H2,1H3,(H,16,17)/t11-,12+,13+/m1/s1. The average Bonchev–Trinajstić information content (AvgIpc) is 2.88. The third kappa shape index (κ3) is 4.25. The summed E-state index contributed by atoms with van der Waals surface area (Å²) in [5, 5.41) is 6.55. The molecule has 0 saturated carbocycles. The van der Waals surface area contributed by atoms with E-state index in [0.717, 1.165) is 39.1 Å². The van der Waals surface area contributed by atoms with Crippen LogP contribution in [0.15, 0.2) is 0 Å². The van der Waals surface area contributed by atoms with E-state index in [2.05, 4.69) is 17.6 Å². The average molecular weight is 254 g/mol. The van der Waals surface area contributed by atoms with Gasteiger partial charge in [0.05, 0.1) is 0 Å². The lowest BCUT2D eigenvalue weighted by Crippen LogP contribution is -2.47. The van der Waals surface area contributed by atoms with Crippen LogP contribution in [0.2, 0.25) is 0 Å². The number of ether oxygens (including phenoxy) is 1. The van der Waals surface area contributed by atoms with Crippen molar-refractivity contribution in [1.82, 2.24) is 10.6 Å². The summed E-state index contributed by atoms with van der Waals surface area (Å²) < 4.78 is 5.32. The number of piperidine rings is 1. The molecule has 2 rings (SSSR count). The van der Waals surface area contributed by atoms with Crippen LogP contribution < -0.4 is 10.6 Å². The Hall–Kier alpha value is -0.610. The van der Waals surface area contributed by atoms with Crippen LogP contribution in [0.1, 0.15) is 39.0 Å². The second-order valence-corrected chi connectivity index (χ2v) is 5.75. The van der Waals surface area contributed by atoms with Gasteiger partial charge in [-0.2, -0.15) is 0 Å². The lowest BCUT2D eigenvalue weighted by atomic mass is 9.93. The molecule has 0 aliphatic carbocycles. The Bertz CT molecular complexity index is 265. The summed E-state index contributed by atoms with van der Waals surface area (Å²) >= 11 is 0. The molecule has 18 heavy (non-hydrogen) atoms. The van der Waals surface area contributed by atoms with Gasteiger partial charge in [0, 0.05) is 32.2 Å². The SMILES string of the molecule is C[C@@H]1CCCN[C@H]1CNC(=O)CC[C@H]1CCOC1. The smallest absolute Gasteiger partial charge is 0.220 e. The Balaban J connectivity index is 1.58. The highest BCUT2D eigenvalue weighted by Crippen LogP contribution is 2.18. The fourth-order valence-corrected chi connectivity index (χ4v) is 2.85. The van der Waals surface area contributed by atoms with E-state index in [1.165, 1.54) is 12.8 Å². The molecule has 2 aliphatic heterocycles. The second kappa shape index (κ2) is 7.10. The minimum atomic E-state index is 0.196. The van der Waals surface area contributed by atoms with Gasteiger partial charge in [-0.15, -0.1) is 0 Å². The van der Waals surface area contributed by atoms with E-state index >= 15 is 0 Å². The molecule has 3 atom stereocenters. The van der Waals surface area contributed by atoms with Gasteiger partial charge in [-0.3, -0.25) is 4.79 Å². The molecule has 2 saturated heterocycles. The first-order valence-corrected chi connectivity index (χ1v) is 7.33. The van der Waals surface area contributed by atoms with E-state index in [9.17, 15) is 4.79 Å². The van der Waals surface area contributed by atoms with Gasteiger partial charge in [-0.1, -0.05) is 6.92 Å². The first kappa shape index (κ1) is 13.8. The summed E-state index contributed by atoms with van der Waals surface area (Å²) in [6.07, 6.45) is 5.27. The fourth-order valence-electron chi connectivity index (χ4n) is 2.85. The normalized spacial score (nSPS) is 32.4. The number of carbonyl (C=O) groups is 1. The summed E-state index contributed by atoms with van der Waals surface area (Å²) in [7, 11) is 0. The van der Waals surface area contributed by atoms with Crippen molar-refractivity contribution in [3.8, 4) is 0 Å². The Morgan fingerprint density at radius 1 is 1.44 bits per heavy atom. The zero-order chi connectivity index (χ0) is 12.8. The quantitative estimate of drug-likeness (QED) is 0.777. The van der Waals surface area contributed by atoms with Gasteiger partial charge in [0.25, 0.3) is 0 Å². The molecule has 0 bridgehead atoms. The zero-order valence-electron chi connectivity index (χ0n) is 11.4. The molecule has 4 nitrogen and oxygen atoms in total. The number of hydrogen-bond acceptors (Lipinski definition) is 3. The Morgan fingerprint density at radius 2 is 2.33 bits per heavy atom. The van der Waals surface area contributed by atoms with Crippen LogP contribution in [0.25, 0.3) is 0 Å². The van der Waals surface area contributed by atoms with E-state index in [-0.39, 0.29) is 5.91 Å². The predicted octanol–water partition coefficient (Wildman–Crippen LogP) is 1.31. The van der Waals surface area contributed by atoms with Crippen molar-refractivity contribution >= 4 is 5.91 Å². The number of amides is 1. The molecule has 0 aromatic carbocycles. The molecule has 2 fully saturated rings. The molecule has 0 unspecified atom stereocenters. The van der Waals surface area contributed by atoms with Gasteiger partial charge >= 0.3 is 0 Å². The highest BCUT2D eigenvalue weighted by molar-refractivity contribution is 5.75. The molecule has 2 N–H and O–H groups in total. The molecular formula is C14H26N2O2. The van der Waals surface area contributed by atoms with Crippen molar-refractivity contribution in [3.05, 3.63) is 0 Å². The Morgan fingerprint density at radius 3 is 3.06 bits per heavy atom. The van der Waals surface area contributed by atoms with E-state index in [4.69, 9.17) is 4.74 Å². The maximum atomic E-state index is 11.8.